The van der Waals surface area contributed by atoms with E-state index in [1.165, 1.54) is 11.8 Å². The highest BCUT2D eigenvalue weighted by Gasteiger charge is 2.29. The molecule has 2 atom stereocenters. The van der Waals surface area contributed by atoms with Crippen LogP contribution in [0.5, 0.6) is 0 Å². The summed E-state index contributed by atoms with van der Waals surface area (Å²) in [6, 6.07) is 11.6. The number of benzene rings is 1. The zero-order chi connectivity index (χ0) is 14.7. The summed E-state index contributed by atoms with van der Waals surface area (Å²) in [4.78, 5) is 12.1. The van der Waals surface area contributed by atoms with Crippen molar-refractivity contribution >= 4 is 5.91 Å². The van der Waals surface area contributed by atoms with Gasteiger partial charge in [0, 0.05) is 6.61 Å². The van der Waals surface area contributed by atoms with Crippen LogP contribution in [0.15, 0.2) is 47.1 Å². The van der Waals surface area contributed by atoms with Crippen molar-refractivity contribution in [2.75, 3.05) is 6.61 Å². The van der Waals surface area contributed by atoms with Crippen LogP contribution < -0.4 is 5.32 Å². The van der Waals surface area contributed by atoms with Gasteiger partial charge < -0.3 is 14.5 Å². The number of amides is 1. The number of rotatable bonds is 3. The number of hydrogen-bond acceptors (Lipinski definition) is 3. The number of aryl methyl sites for hydroxylation is 1. The Bertz CT molecular complexity index is 589. The van der Waals surface area contributed by atoms with E-state index in [-0.39, 0.29) is 18.1 Å². The van der Waals surface area contributed by atoms with Crippen LogP contribution in [0, 0.1) is 6.92 Å². The zero-order valence-corrected chi connectivity index (χ0v) is 12.0. The van der Waals surface area contributed by atoms with E-state index in [0.717, 1.165) is 25.0 Å². The summed E-state index contributed by atoms with van der Waals surface area (Å²) in [7, 11) is 0. The van der Waals surface area contributed by atoms with Crippen molar-refractivity contribution in [3.05, 3.63) is 59.5 Å². The van der Waals surface area contributed by atoms with Gasteiger partial charge >= 0.3 is 0 Å². The average molecular weight is 285 g/mol. The Morgan fingerprint density at radius 1 is 1.24 bits per heavy atom. The molecule has 1 aliphatic rings. The second-order valence-electron chi connectivity index (χ2n) is 5.40. The van der Waals surface area contributed by atoms with Crippen LogP contribution in [-0.2, 0) is 4.74 Å². The Hall–Kier alpha value is -2.07. The standard InChI is InChI=1S/C17H19NO3/c1-12-6-8-13(9-7-12)16-14(4-2-11-21-16)18-17(19)15-5-3-10-20-15/h3,5-10,14,16H,2,4,11H2,1H3,(H,18,19)/t14-,16-/m1/s1. The molecular formula is C17H19NO3. The number of carbonyl (C=O) groups is 1. The molecule has 3 rings (SSSR count). The maximum absolute atomic E-state index is 12.1. The predicted molar refractivity (Wildman–Crippen MR) is 79.1 cm³/mol. The van der Waals surface area contributed by atoms with E-state index >= 15 is 0 Å². The summed E-state index contributed by atoms with van der Waals surface area (Å²) in [5, 5.41) is 3.03. The highest BCUT2D eigenvalue weighted by Crippen LogP contribution is 2.28. The fourth-order valence-corrected chi connectivity index (χ4v) is 2.66. The van der Waals surface area contributed by atoms with Gasteiger partial charge in [0.1, 0.15) is 6.10 Å². The lowest BCUT2D eigenvalue weighted by molar-refractivity contribution is -0.00973. The van der Waals surface area contributed by atoms with Crippen molar-refractivity contribution in [1.29, 1.82) is 0 Å². The third-order valence-electron chi connectivity index (χ3n) is 3.79. The van der Waals surface area contributed by atoms with Crippen molar-refractivity contribution in [1.82, 2.24) is 5.32 Å². The fourth-order valence-electron chi connectivity index (χ4n) is 2.66. The Morgan fingerprint density at radius 2 is 2.05 bits per heavy atom. The molecule has 0 aliphatic carbocycles. The minimum atomic E-state index is -0.187. The number of nitrogens with one attached hydrogen (secondary N) is 1. The highest BCUT2D eigenvalue weighted by molar-refractivity contribution is 5.91. The molecule has 1 amide bonds. The lowest BCUT2D eigenvalue weighted by atomic mass is 9.95. The average Bonchev–Trinajstić information content (AvgIpc) is 3.03. The maximum Gasteiger partial charge on any atom is 0.287 e. The molecule has 1 saturated heterocycles. The maximum atomic E-state index is 12.1. The molecular weight excluding hydrogens is 266 g/mol. The van der Waals surface area contributed by atoms with Crippen LogP contribution in [0.25, 0.3) is 0 Å². The van der Waals surface area contributed by atoms with Gasteiger partial charge in [-0.05, 0) is 37.5 Å². The highest BCUT2D eigenvalue weighted by atomic mass is 16.5. The molecule has 0 unspecified atom stereocenters. The van der Waals surface area contributed by atoms with E-state index in [2.05, 4.69) is 36.5 Å². The van der Waals surface area contributed by atoms with E-state index in [1.807, 2.05) is 0 Å². The van der Waals surface area contributed by atoms with Crippen molar-refractivity contribution in [2.24, 2.45) is 0 Å². The molecule has 0 spiro atoms. The van der Waals surface area contributed by atoms with Crippen molar-refractivity contribution in [2.45, 2.75) is 31.9 Å². The van der Waals surface area contributed by atoms with Gasteiger partial charge in [-0.3, -0.25) is 4.79 Å². The molecule has 0 radical (unpaired) electrons. The van der Waals surface area contributed by atoms with Crippen molar-refractivity contribution in [3.63, 3.8) is 0 Å². The van der Waals surface area contributed by atoms with Crippen LogP contribution in [0.1, 0.15) is 40.6 Å². The first-order valence-electron chi connectivity index (χ1n) is 7.26. The van der Waals surface area contributed by atoms with Gasteiger partial charge in [-0.2, -0.15) is 0 Å². The van der Waals surface area contributed by atoms with Gasteiger partial charge in [-0.1, -0.05) is 29.8 Å². The largest absolute Gasteiger partial charge is 0.459 e. The van der Waals surface area contributed by atoms with Gasteiger partial charge in [0.05, 0.1) is 12.3 Å². The Labute approximate surface area is 124 Å². The smallest absolute Gasteiger partial charge is 0.287 e. The second kappa shape index (κ2) is 6.14. The van der Waals surface area contributed by atoms with E-state index in [0.29, 0.717) is 5.76 Å². The predicted octanol–water partition coefficient (Wildman–Crippen LogP) is 3.24. The fraction of sp³-hybridized carbons (Fsp3) is 0.353. The molecule has 2 heterocycles. The lowest BCUT2D eigenvalue weighted by Crippen LogP contribution is -2.42. The third-order valence-corrected chi connectivity index (χ3v) is 3.79. The number of carbonyl (C=O) groups excluding carboxylic acids is 1. The molecule has 4 heteroatoms. The zero-order valence-electron chi connectivity index (χ0n) is 12.0. The van der Waals surface area contributed by atoms with Crippen LogP contribution >= 0.6 is 0 Å². The van der Waals surface area contributed by atoms with Gasteiger partial charge in [-0.25, -0.2) is 0 Å². The molecule has 0 bridgehead atoms. The molecule has 0 saturated carbocycles. The third kappa shape index (κ3) is 3.16. The van der Waals surface area contributed by atoms with E-state index in [1.54, 1.807) is 12.1 Å². The summed E-state index contributed by atoms with van der Waals surface area (Å²) >= 11 is 0. The van der Waals surface area contributed by atoms with Gasteiger partial charge in [0.25, 0.3) is 5.91 Å². The molecule has 1 aromatic carbocycles. The van der Waals surface area contributed by atoms with Crippen LogP contribution in [0.2, 0.25) is 0 Å². The van der Waals surface area contributed by atoms with Crippen molar-refractivity contribution in [3.8, 4) is 0 Å². The van der Waals surface area contributed by atoms with Gasteiger partial charge in [-0.15, -0.1) is 0 Å². The lowest BCUT2D eigenvalue weighted by Gasteiger charge is -2.32. The van der Waals surface area contributed by atoms with Crippen LogP contribution in [-0.4, -0.2) is 18.6 Å². The summed E-state index contributed by atoms with van der Waals surface area (Å²) in [6.07, 6.45) is 3.26. The first-order valence-corrected chi connectivity index (χ1v) is 7.26. The molecule has 1 aliphatic heterocycles. The quantitative estimate of drug-likeness (QED) is 0.942. The first-order chi connectivity index (χ1) is 10.2. The number of furan rings is 1. The Kier molecular flexibility index (Phi) is 4.06. The first kappa shape index (κ1) is 13.9. The summed E-state index contributed by atoms with van der Waals surface area (Å²) in [5.41, 5.74) is 2.32. The van der Waals surface area contributed by atoms with Crippen molar-refractivity contribution < 1.29 is 13.9 Å². The molecule has 21 heavy (non-hydrogen) atoms. The normalized spacial score (nSPS) is 22.0. The topological polar surface area (TPSA) is 51.5 Å². The summed E-state index contributed by atoms with van der Waals surface area (Å²) in [5.74, 6) is 0.149. The molecule has 110 valence electrons. The Morgan fingerprint density at radius 3 is 2.76 bits per heavy atom. The minimum absolute atomic E-state index is 0.0287. The van der Waals surface area contributed by atoms with Crippen LogP contribution in [0.3, 0.4) is 0 Å². The number of ether oxygens (including phenoxy) is 1. The summed E-state index contributed by atoms with van der Waals surface area (Å²) < 4.78 is 11.0. The molecule has 1 N–H and O–H groups in total. The number of hydrogen-bond donors (Lipinski definition) is 1. The van der Waals surface area contributed by atoms with E-state index < -0.39 is 0 Å². The molecule has 4 nitrogen and oxygen atoms in total. The van der Waals surface area contributed by atoms with Gasteiger partial charge in [0.15, 0.2) is 5.76 Å². The second-order valence-corrected chi connectivity index (χ2v) is 5.40. The molecule has 1 fully saturated rings. The Balaban J connectivity index is 1.75. The molecule has 1 aromatic heterocycles. The van der Waals surface area contributed by atoms with E-state index in [9.17, 15) is 4.79 Å². The molecule has 2 aromatic rings. The van der Waals surface area contributed by atoms with Crippen LogP contribution in [0.4, 0.5) is 0 Å². The van der Waals surface area contributed by atoms with E-state index in [4.69, 9.17) is 9.15 Å². The monoisotopic (exact) mass is 285 g/mol. The minimum Gasteiger partial charge on any atom is -0.459 e. The SMILES string of the molecule is Cc1ccc([C@H]2OCCC[C@H]2NC(=O)c2ccco2)cc1. The van der Waals surface area contributed by atoms with Gasteiger partial charge in [0.2, 0.25) is 0 Å². The summed E-state index contributed by atoms with van der Waals surface area (Å²) in [6.45, 7) is 2.79.